The summed E-state index contributed by atoms with van der Waals surface area (Å²) in [5.74, 6) is 0. The number of amides is 2. The Labute approximate surface area is 246 Å². The predicted molar refractivity (Wildman–Crippen MR) is 175 cm³/mol. The van der Waals surface area contributed by atoms with E-state index in [0.29, 0.717) is 0 Å². The van der Waals surface area contributed by atoms with Gasteiger partial charge in [-0.3, -0.25) is 0 Å². The lowest BCUT2D eigenvalue weighted by atomic mass is 10.1. The standard InChI is InChI=1S/C35H56N2O2Si/c1-5-6-22-29-36-34(38)37-30-23-14-12-10-8-7-9-11-13-15-24-31-39-40(35(2,3)4,32-25-18-16-19-26-32)33-27-20-17-21-28-33/h8,10,16-21,25-28H,5-7,9,11-15,22-24,29-31H2,1-4H3,(H2,36,37,38)/b10-8-. The molecule has 0 unspecified atom stereocenters. The van der Waals surface area contributed by atoms with E-state index in [1.807, 2.05) is 0 Å². The summed E-state index contributed by atoms with van der Waals surface area (Å²) in [7, 11) is -2.40. The summed E-state index contributed by atoms with van der Waals surface area (Å²) >= 11 is 0. The number of unbranched alkanes of at least 4 members (excludes halogenated alkanes) is 9. The van der Waals surface area contributed by atoms with Gasteiger partial charge in [0.25, 0.3) is 8.32 Å². The van der Waals surface area contributed by atoms with Crippen molar-refractivity contribution >= 4 is 24.7 Å². The SMILES string of the molecule is CCCCCNC(=O)NCCCC/C=C\CCCCCCCO[Si](c1ccccc1)(c1ccccc1)C(C)(C)C. The van der Waals surface area contributed by atoms with Crippen LogP contribution in [0.1, 0.15) is 105 Å². The third-order valence-corrected chi connectivity index (χ3v) is 12.6. The zero-order chi connectivity index (χ0) is 28.9. The topological polar surface area (TPSA) is 50.4 Å². The molecule has 0 aliphatic carbocycles. The van der Waals surface area contributed by atoms with Crippen molar-refractivity contribution in [3.05, 3.63) is 72.8 Å². The highest BCUT2D eigenvalue weighted by molar-refractivity contribution is 6.99. The predicted octanol–water partition coefficient (Wildman–Crippen LogP) is 8.12. The molecule has 0 atom stereocenters. The first-order chi connectivity index (χ1) is 19.4. The molecular formula is C35H56N2O2Si. The lowest BCUT2D eigenvalue weighted by Gasteiger charge is -2.43. The van der Waals surface area contributed by atoms with Crippen LogP contribution in [0.5, 0.6) is 0 Å². The lowest BCUT2D eigenvalue weighted by molar-refractivity contribution is 0.240. The molecule has 2 N–H and O–H groups in total. The van der Waals surface area contributed by atoms with Crippen LogP contribution in [0, 0.1) is 0 Å². The van der Waals surface area contributed by atoms with Crippen molar-refractivity contribution in [3.63, 3.8) is 0 Å². The van der Waals surface area contributed by atoms with Crippen LogP contribution in [0.4, 0.5) is 4.79 Å². The lowest BCUT2D eigenvalue weighted by Crippen LogP contribution is -2.66. The molecule has 0 aliphatic rings. The number of hydrogen-bond acceptors (Lipinski definition) is 2. The van der Waals surface area contributed by atoms with Crippen molar-refractivity contribution in [2.75, 3.05) is 19.7 Å². The summed E-state index contributed by atoms with van der Waals surface area (Å²) in [6.45, 7) is 11.6. The number of carbonyl (C=O) groups excluding carboxylic acids is 1. The molecule has 222 valence electrons. The monoisotopic (exact) mass is 564 g/mol. The summed E-state index contributed by atoms with van der Waals surface area (Å²) in [5, 5.41) is 8.64. The van der Waals surface area contributed by atoms with Crippen molar-refractivity contribution in [2.24, 2.45) is 0 Å². The average molecular weight is 565 g/mol. The molecule has 0 aromatic heterocycles. The fourth-order valence-electron chi connectivity index (χ4n) is 5.35. The first kappa shape index (κ1) is 33.8. The highest BCUT2D eigenvalue weighted by Gasteiger charge is 2.49. The van der Waals surface area contributed by atoms with E-state index >= 15 is 0 Å². The third kappa shape index (κ3) is 12.0. The second kappa shape index (κ2) is 19.7. The number of allylic oxidation sites excluding steroid dienone is 2. The van der Waals surface area contributed by atoms with E-state index in [-0.39, 0.29) is 11.1 Å². The van der Waals surface area contributed by atoms with Crippen LogP contribution in [-0.2, 0) is 4.43 Å². The molecule has 5 heteroatoms. The van der Waals surface area contributed by atoms with Gasteiger partial charge in [-0.1, -0.05) is 133 Å². The van der Waals surface area contributed by atoms with Gasteiger partial charge >= 0.3 is 6.03 Å². The number of carbonyl (C=O) groups is 1. The molecule has 4 nitrogen and oxygen atoms in total. The van der Waals surface area contributed by atoms with Gasteiger partial charge in [-0.25, -0.2) is 4.79 Å². The molecule has 0 bridgehead atoms. The first-order valence-electron chi connectivity index (χ1n) is 15.8. The molecule has 0 spiro atoms. The molecule has 0 saturated heterocycles. The Bertz CT molecular complexity index is 901. The van der Waals surface area contributed by atoms with Gasteiger partial charge in [-0.15, -0.1) is 0 Å². The van der Waals surface area contributed by atoms with Crippen molar-refractivity contribution in [1.82, 2.24) is 10.6 Å². The van der Waals surface area contributed by atoms with E-state index in [4.69, 9.17) is 4.43 Å². The van der Waals surface area contributed by atoms with Gasteiger partial charge in [0, 0.05) is 19.7 Å². The summed E-state index contributed by atoms with van der Waals surface area (Å²) < 4.78 is 7.01. The molecule has 0 heterocycles. The van der Waals surface area contributed by atoms with Gasteiger partial charge in [-0.05, 0) is 60.4 Å². The van der Waals surface area contributed by atoms with Gasteiger partial charge in [0.15, 0.2) is 0 Å². The number of hydrogen-bond donors (Lipinski definition) is 2. The third-order valence-electron chi connectivity index (χ3n) is 7.57. The van der Waals surface area contributed by atoms with Crippen LogP contribution in [0.2, 0.25) is 5.04 Å². The number of benzene rings is 2. The van der Waals surface area contributed by atoms with Crippen molar-refractivity contribution in [2.45, 2.75) is 110 Å². The molecule has 2 rings (SSSR count). The van der Waals surface area contributed by atoms with Crippen LogP contribution in [-0.4, -0.2) is 34.0 Å². The van der Waals surface area contributed by atoms with E-state index in [2.05, 4.69) is 111 Å². The molecule has 0 aliphatic heterocycles. The smallest absolute Gasteiger partial charge is 0.314 e. The maximum Gasteiger partial charge on any atom is 0.314 e. The zero-order valence-electron chi connectivity index (χ0n) is 25.9. The second-order valence-corrected chi connectivity index (χ2v) is 16.2. The maximum atomic E-state index is 11.7. The minimum absolute atomic E-state index is 0.0267. The van der Waals surface area contributed by atoms with E-state index in [1.165, 1.54) is 48.9 Å². The Morgan fingerprint density at radius 3 is 1.70 bits per heavy atom. The molecule has 2 aromatic carbocycles. The molecule has 40 heavy (non-hydrogen) atoms. The Morgan fingerprint density at radius 1 is 0.700 bits per heavy atom. The first-order valence-corrected chi connectivity index (χ1v) is 17.7. The van der Waals surface area contributed by atoms with Gasteiger partial charge in [0.05, 0.1) is 0 Å². The van der Waals surface area contributed by atoms with Gasteiger partial charge in [0.2, 0.25) is 0 Å². The van der Waals surface area contributed by atoms with Gasteiger partial charge < -0.3 is 15.1 Å². The van der Waals surface area contributed by atoms with Crippen LogP contribution >= 0.6 is 0 Å². The van der Waals surface area contributed by atoms with Crippen LogP contribution in [0.3, 0.4) is 0 Å². The highest BCUT2D eigenvalue weighted by atomic mass is 28.4. The molecule has 2 aromatic rings. The molecule has 2 amide bonds. The van der Waals surface area contributed by atoms with Gasteiger partial charge in [0.1, 0.15) is 0 Å². The largest absolute Gasteiger partial charge is 0.407 e. The van der Waals surface area contributed by atoms with Crippen LogP contribution < -0.4 is 21.0 Å². The fraction of sp³-hybridized carbons (Fsp3) is 0.571. The second-order valence-electron chi connectivity index (χ2n) is 11.9. The summed E-state index contributed by atoms with van der Waals surface area (Å²) in [6, 6.07) is 21.8. The number of rotatable bonds is 20. The summed E-state index contributed by atoms with van der Waals surface area (Å²) in [4.78, 5) is 11.7. The molecule has 0 radical (unpaired) electrons. The van der Waals surface area contributed by atoms with E-state index < -0.39 is 8.32 Å². The highest BCUT2D eigenvalue weighted by Crippen LogP contribution is 2.36. The van der Waals surface area contributed by atoms with Crippen LogP contribution in [0.15, 0.2) is 72.8 Å². The molecular weight excluding hydrogens is 508 g/mol. The fourth-order valence-corrected chi connectivity index (χ4v) is 9.95. The Morgan fingerprint density at radius 2 is 1.18 bits per heavy atom. The molecule has 0 saturated carbocycles. The Kier molecular flexibility index (Phi) is 16.6. The Hall–Kier alpha value is -2.37. The van der Waals surface area contributed by atoms with Crippen LogP contribution in [0.25, 0.3) is 0 Å². The number of urea groups is 1. The van der Waals surface area contributed by atoms with E-state index in [1.54, 1.807) is 0 Å². The minimum Gasteiger partial charge on any atom is -0.407 e. The zero-order valence-corrected chi connectivity index (χ0v) is 26.9. The Balaban J connectivity index is 1.60. The van der Waals surface area contributed by atoms with E-state index in [9.17, 15) is 4.79 Å². The quantitative estimate of drug-likeness (QED) is 0.0969. The van der Waals surface area contributed by atoms with Crippen molar-refractivity contribution < 1.29 is 9.22 Å². The van der Waals surface area contributed by atoms with Crippen molar-refractivity contribution in [1.29, 1.82) is 0 Å². The summed E-state index contributed by atoms with van der Waals surface area (Å²) in [5.41, 5.74) is 0. The average Bonchev–Trinajstić information content (AvgIpc) is 2.95. The normalized spacial score (nSPS) is 12.1. The molecule has 0 fully saturated rings. The minimum atomic E-state index is -2.40. The summed E-state index contributed by atoms with van der Waals surface area (Å²) in [6.07, 6.45) is 18.6. The van der Waals surface area contributed by atoms with E-state index in [0.717, 1.165) is 58.2 Å². The van der Waals surface area contributed by atoms with Gasteiger partial charge in [-0.2, -0.15) is 0 Å². The number of nitrogens with one attached hydrogen (secondary N) is 2. The van der Waals surface area contributed by atoms with Crippen molar-refractivity contribution in [3.8, 4) is 0 Å². The maximum absolute atomic E-state index is 11.7.